The molecule has 1 aliphatic rings. The molecular formula is C18H25ClN2O3. The quantitative estimate of drug-likeness (QED) is 0.818. The summed E-state index contributed by atoms with van der Waals surface area (Å²) in [6.07, 6.45) is 1.71. The van der Waals surface area contributed by atoms with Crippen molar-refractivity contribution in [3.8, 4) is 5.75 Å². The van der Waals surface area contributed by atoms with Crippen molar-refractivity contribution in [1.29, 1.82) is 0 Å². The summed E-state index contributed by atoms with van der Waals surface area (Å²) < 4.78 is 5.26. The minimum Gasteiger partial charge on any atom is -0.496 e. The normalized spacial score (nSPS) is 14.9. The molecule has 0 N–H and O–H groups in total. The van der Waals surface area contributed by atoms with E-state index in [1.807, 2.05) is 18.7 Å². The van der Waals surface area contributed by atoms with Gasteiger partial charge in [-0.1, -0.05) is 25.4 Å². The van der Waals surface area contributed by atoms with E-state index in [0.29, 0.717) is 42.5 Å². The molecule has 6 heteroatoms. The second-order valence-electron chi connectivity index (χ2n) is 5.98. The minimum absolute atomic E-state index is 0.0836. The lowest BCUT2D eigenvalue weighted by atomic mass is 10.0. The van der Waals surface area contributed by atoms with Crippen LogP contribution in [0.1, 0.15) is 37.0 Å². The Labute approximate surface area is 148 Å². The third-order valence-electron chi connectivity index (χ3n) is 4.61. The van der Waals surface area contributed by atoms with Gasteiger partial charge in [0.15, 0.2) is 0 Å². The molecule has 0 spiro atoms. The molecule has 0 saturated carbocycles. The molecule has 2 rings (SSSR count). The first-order chi connectivity index (χ1) is 11.5. The molecular weight excluding hydrogens is 328 g/mol. The summed E-state index contributed by atoms with van der Waals surface area (Å²) in [7, 11) is 1.53. The van der Waals surface area contributed by atoms with Crippen LogP contribution in [0, 0.1) is 5.92 Å². The second kappa shape index (κ2) is 8.38. The van der Waals surface area contributed by atoms with Gasteiger partial charge in [-0.05, 0) is 31.0 Å². The van der Waals surface area contributed by atoms with Gasteiger partial charge in [-0.25, -0.2) is 0 Å². The van der Waals surface area contributed by atoms with Crippen LogP contribution in [0.4, 0.5) is 0 Å². The Balaban J connectivity index is 2.03. The Hall–Kier alpha value is -1.75. The van der Waals surface area contributed by atoms with Crippen molar-refractivity contribution in [2.45, 2.75) is 26.7 Å². The zero-order valence-electron chi connectivity index (χ0n) is 14.5. The third kappa shape index (κ3) is 4.01. The van der Waals surface area contributed by atoms with Gasteiger partial charge < -0.3 is 14.5 Å². The van der Waals surface area contributed by atoms with E-state index in [1.54, 1.807) is 23.1 Å². The van der Waals surface area contributed by atoms with Crippen molar-refractivity contribution in [3.63, 3.8) is 0 Å². The SMILES string of the molecule is CCC(CC)C(=O)N1CCN(C(=O)c2cc(Cl)ccc2OC)CC1. The summed E-state index contributed by atoms with van der Waals surface area (Å²) in [5.41, 5.74) is 0.463. The van der Waals surface area contributed by atoms with Crippen LogP contribution in [0.25, 0.3) is 0 Å². The van der Waals surface area contributed by atoms with E-state index in [2.05, 4.69) is 0 Å². The first-order valence-corrected chi connectivity index (χ1v) is 8.81. The van der Waals surface area contributed by atoms with Crippen molar-refractivity contribution in [2.24, 2.45) is 5.92 Å². The van der Waals surface area contributed by atoms with Gasteiger partial charge >= 0.3 is 0 Å². The monoisotopic (exact) mass is 352 g/mol. The van der Waals surface area contributed by atoms with Gasteiger partial charge in [-0.3, -0.25) is 9.59 Å². The number of carbonyl (C=O) groups is 2. The Morgan fingerprint density at radius 2 is 1.71 bits per heavy atom. The zero-order chi connectivity index (χ0) is 17.7. The van der Waals surface area contributed by atoms with E-state index in [4.69, 9.17) is 16.3 Å². The molecule has 5 nitrogen and oxygen atoms in total. The Morgan fingerprint density at radius 3 is 2.25 bits per heavy atom. The lowest BCUT2D eigenvalue weighted by Crippen LogP contribution is -2.52. The minimum atomic E-state index is -0.107. The van der Waals surface area contributed by atoms with E-state index in [0.717, 1.165) is 12.8 Å². The Bertz CT molecular complexity index is 594. The van der Waals surface area contributed by atoms with Crippen molar-refractivity contribution < 1.29 is 14.3 Å². The third-order valence-corrected chi connectivity index (χ3v) is 4.84. The predicted octanol–water partition coefficient (Wildman–Crippen LogP) is 3.07. The maximum absolute atomic E-state index is 12.7. The van der Waals surface area contributed by atoms with Gasteiger partial charge in [0.1, 0.15) is 5.75 Å². The van der Waals surface area contributed by atoms with E-state index < -0.39 is 0 Å². The van der Waals surface area contributed by atoms with Gasteiger partial charge in [0.25, 0.3) is 5.91 Å². The fourth-order valence-electron chi connectivity index (χ4n) is 3.04. The summed E-state index contributed by atoms with van der Waals surface area (Å²) >= 11 is 6.01. The summed E-state index contributed by atoms with van der Waals surface area (Å²) in [6.45, 7) is 6.28. The molecule has 0 aromatic heterocycles. The number of ether oxygens (including phenoxy) is 1. The van der Waals surface area contributed by atoms with E-state index in [1.165, 1.54) is 7.11 Å². The summed E-state index contributed by atoms with van der Waals surface area (Å²) in [6, 6.07) is 5.02. The molecule has 0 radical (unpaired) electrons. The molecule has 1 fully saturated rings. The van der Waals surface area contributed by atoms with Crippen LogP contribution in [-0.4, -0.2) is 54.9 Å². The van der Waals surface area contributed by atoms with Crippen LogP contribution in [0.2, 0.25) is 5.02 Å². The number of methoxy groups -OCH3 is 1. The maximum Gasteiger partial charge on any atom is 0.257 e. The lowest BCUT2D eigenvalue weighted by molar-refractivity contribution is -0.137. The predicted molar refractivity (Wildman–Crippen MR) is 94.6 cm³/mol. The first-order valence-electron chi connectivity index (χ1n) is 8.43. The number of hydrogen-bond donors (Lipinski definition) is 0. The number of carbonyl (C=O) groups excluding carboxylic acids is 2. The fourth-order valence-corrected chi connectivity index (χ4v) is 3.22. The number of piperazine rings is 1. The van der Waals surface area contributed by atoms with E-state index >= 15 is 0 Å². The van der Waals surface area contributed by atoms with Crippen molar-refractivity contribution in [2.75, 3.05) is 33.3 Å². The molecule has 1 aliphatic heterocycles. The molecule has 1 aromatic carbocycles. The molecule has 2 amide bonds. The van der Waals surface area contributed by atoms with Gasteiger partial charge in [0.05, 0.1) is 12.7 Å². The van der Waals surface area contributed by atoms with E-state index in [9.17, 15) is 9.59 Å². The number of nitrogens with zero attached hydrogens (tertiary/aromatic N) is 2. The molecule has 132 valence electrons. The van der Waals surface area contributed by atoms with Gasteiger partial charge in [-0.15, -0.1) is 0 Å². The number of benzene rings is 1. The van der Waals surface area contributed by atoms with Crippen molar-refractivity contribution in [3.05, 3.63) is 28.8 Å². The fraction of sp³-hybridized carbons (Fsp3) is 0.556. The van der Waals surface area contributed by atoms with Crippen molar-refractivity contribution in [1.82, 2.24) is 9.80 Å². The largest absolute Gasteiger partial charge is 0.496 e. The van der Waals surface area contributed by atoms with Crippen molar-refractivity contribution >= 4 is 23.4 Å². The van der Waals surface area contributed by atoms with Crippen LogP contribution in [0.3, 0.4) is 0 Å². The zero-order valence-corrected chi connectivity index (χ0v) is 15.3. The molecule has 1 saturated heterocycles. The highest BCUT2D eigenvalue weighted by Gasteiger charge is 2.28. The average molecular weight is 353 g/mol. The lowest BCUT2D eigenvalue weighted by Gasteiger charge is -2.36. The summed E-state index contributed by atoms with van der Waals surface area (Å²) in [4.78, 5) is 28.8. The molecule has 0 unspecified atom stereocenters. The number of hydrogen-bond acceptors (Lipinski definition) is 3. The average Bonchev–Trinajstić information content (AvgIpc) is 2.62. The highest BCUT2D eigenvalue weighted by Crippen LogP contribution is 2.25. The molecule has 0 aliphatic carbocycles. The Kier molecular flexibility index (Phi) is 6.49. The standard InChI is InChI=1S/C18H25ClN2O3/c1-4-13(5-2)17(22)20-8-10-21(11-9-20)18(23)15-12-14(19)6-7-16(15)24-3/h6-7,12-13H,4-5,8-11H2,1-3H3. The second-order valence-corrected chi connectivity index (χ2v) is 6.41. The summed E-state index contributed by atoms with van der Waals surface area (Å²) in [5, 5.41) is 0.502. The van der Waals surface area contributed by atoms with Crippen LogP contribution in [-0.2, 0) is 4.79 Å². The maximum atomic E-state index is 12.7. The van der Waals surface area contributed by atoms with Gasteiger partial charge in [-0.2, -0.15) is 0 Å². The smallest absolute Gasteiger partial charge is 0.257 e. The number of rotatable bonds is 5. The van der Waals surface area contributed by atoms with Gasteiger partial charge in [0.2, 0.25) is 5.91 Å². The highest BCUT2D eigenvalue weighted by molar-refractivity contribution is 6.31. The molecule has 1 aromatic rings. The Morgan fingerprint density at radius 1 is 1.12 bits per heavy atom. The molecule has 1 heterocycles. The molecule has 0 atom stereocenters. The van der Waals surface area contributed by atoms with Crippen LogP contribution in [0.15, 0.2) is 18.2 Å². The topological polar surface area (TPSA) is 49.9 Å². The summed E-state index contributed by atoms with van der Waals surface area (Å²) in [5.74, 6) is 0.691. The van der Waals surface area contributed by atoms with Crippen LogP contribution in [0.5, 0.6) is 5.75 Å². The van der Waals surface area contributed by atoms with Crippen LogP contribution < -0.4 is 4.74 Å². The van der Waals surface area contributed by atoms with Gasteiger partial charge in [0, 0.05) is 37.1 Å². The number of amides is 2. The van der Waals surface area contributed by atoms with Crippen LogP contribution >= 0.6 is 11.6 Å². The number of halogens is 1. The first kappa shape index (κ1) is 18.6. The highest BCUT2D eigenvalue weighted by atomic mass is 35.5. The molecule has 0 bridgehead atoms. The van der Waals surface area contributed by atoms with E-state index in [-0.39, 0.29) is 17.7 Å². The molecule has 24 heavy (non-hydrogen) atoms.